The Kier molecular flexibility index (Phi) is 7.41. The molecule has 0 aromatic heterocycles. The fourth-order valence-electron chi connectivity index (χ4n) is 1.73. The summed E-state index contributed by atoms with van der Waals surface area (Å²) in [6.45, 7) is 1.86. The lowest BCUT2D eigenvalue weighted by Gasteiger charge is -2.23. The van der Waals surface area contributed by atoms with Gasteiger partial charge in [0, 0.05) is 37.1 Å². The first-order valence-electron chi connectivity index (χ1n) is 5.88. The third-order valence-electron chi connectivity index (χ3n) is 2.63. The minimum atomic E-state index is 0.242. The van der Waals surface area contributed by atoms with Crippen LogP contribution in [-0.4, -0.2) is 36.6 Å². The van der Waals surface area contributed by atoms with Gasteiger partial charge in [0.15, 0.2) is 0 Å². The van der Waals surface area contributed by atoms with Crippen molar-refractivity contribution in [1.29, 1.82) is 0 Å². The Morgan fingerprint density at radius 2 is 1.59 bits per heavy atom. The lowest BCUT2D eigenvalue weighted by atomic mass is 10.1. The van der Waals surface area contributed by atoms with Gasteiger partial charge in [0.1, 0.15) is 0 Å². The fraction of sp³-hybridized carbons (Fsp3) is 0.538. The predicted octanol–water partition coefficient (Wildman–Crippen LogP) is 2.90. The van der Waals surface area contributed by atoms with E-state index in [1.54, 1.807) is 0 Å². The first-order valence-corrected chi connectivity index (χ1v) is 6.95. The van der Waals surface area contributed by atoms with Gasteiger partial charge in [-0.25, -0.2) is 0 Å². The topological polar surface area (TPSA) is 23.5 Å². The number of hydrogen-bond donors (Lipinski definition) is 1. The minimum Gasteiger partial charge on any atom is -0.396 e. The van der Waals surface area contributed by atoms with Crippen LogP contribution < -0.4 is 4.90 Å². The SMILES string of the molecule is OCCCc1ccc(N(CCCl)CCCl)cc1. The second-order valence-electron chi connectivity index (χ2n) is 3.86. The summed E-state index contributed by atoms with van der Waals surface area (Å²) < 4.78 is 0. The quantitative estimate of drug-likeness (QED) is 0.738. The van der Waals surface area contributed by atoms with Crippen LogP contribution in [0.5, 0.6) is 0 Å². The van der Waals surface area contributed by atoms with Crippen LogP contribution in [0.1, 0.15) is 12.0 Å². The number of hydrogen-bond acceptors (Lipinski definition) is 2. The van der Waals surface area contributed by atoms with Crippen molar-refractivity contribution < 1.29 is 5.11 Å². The van der Waals surface area contributed by atoms with E-state index in [0.717, 1.165) is 31.6 Å². The number of rotatable bonds is 8. The first kappa shape index (κ1) is 14.6. The Labute approximate surface area is 113 Å². The highest BCUT2D eigenvalue weighted by molar-refractivity contribution is 6.18. The van der Waals surface area contributed by atoms with Crippen molar-refractivity contribution in [3.05, 3.63) is 29.8 Å². The van der Waals surface area contributed by atoms with Gasteiger partial charge < -0.3 is 10.0 Å². The number of anilines is 1. The molecule has 0 aliphatic heterocycles. The average molecular weight is 276 g/mol. The second-order valence-corrected chi connectivity index (χ2v) is 4.61. The van der Waals surface area contributed by atoms with Crippen LogP contribution in [0.15, 0.2) is 24.3 Å². The molecule has 0 heterocycles. The molecule has 0 fully saturated rings. The number of aliphatic hydroxyl groups excluding tert-OH is 1. The smallest absolute Gasteiger partial charge is 0.0434 e. The van der Waals surface area contributed by atoms with Gasteiger partial charge >= 0.3 is 0 Å². The largest absolute Gasteiger partial charge is 0.396 e. The number of aliphatic hydroxyl groups is 1. The summed E-state index contributed by atoms with van der Waals surface area (Å²) in [6, 6.07) is 8.37. The van der Waals surface area contributed by atoms with E-state index in [1.165, 1.54) is 5.56 Å². The maximum atomic E-state index is 8.77. The molecule has 0 spiro atoms. The zero-order valence-electron chi connectivity index (χ0n) is 9.91. The monoisotopic (exact) mass is 275 g/mol. The van der Waals surface area contributed by atoms with Crippen molar-refractivity contribution in [1.82, 2.24) is 0 Å². The predicted molar refractivity (Wildman–Crippen MR) is 75.5 cm³/mol. The van der Waals surface area contributed by atoms with Crippen molar-refractivity contribution in [2.75, 3.05) is 36.4 Å². The molecule has 17 heavy (non-hydrogen) atoms. The molecule has 4 heteroatoms. The zero-order chi connectivity index (χ0) is 12.5. The third kappa shape index (κ3) is 5.15. The Hall–Kier alpha value is -0.440. The maximum absolute atomic E-state index is 8.77. The van der Waals surface area contributed by atoms with Crippen molar-refractivity contribution in [2.45, 2.75) is 12.8 Å². The minimum absolute atomic E-state index is 0.242. The molecule has 0 radical (unpaired) electrons. The van der Waals surface area contributed by atoms with Crippen LogP contribution >= 0.6 is 23.2 Å². The molecule has 0 aliphatic carbocycles. The Bertz CT molecular complexity index is 297. The van der Waals surface area contributed by atoms with Gasteiger partial charge in [-0.05, 0) is 30.5 Å². The number of halogens is 2. The van der Waals surface area contributed by atoms with Crippen molar-refractivity contribution >= 4 is 28.9 Å². The average Bonchev–Trinajstić information content (AvgIpc) is 2.37. The second kappa shape index (κ2) is 8.62. The third-order valence-corrected chi connectivity index (χ3v) is 2.97. The van der Waals surface area contributed by atoms with E-state index in [0.29, 0.717) is 11.8 Å². The molecule has 0 bridgehead atoms. The number of benzene rings is 1. The van der Waals surface area contributed by atoms with Crippen molar-refractivity contribution in [3.63, 3.8) is 0 Å². The molecule has 1 aromatic rings. The fourth-order valence-corrected chi connectivity index (χ4v) is 2.14. The summed E-state index contributed by atoms with van der Waals surface area (Å²) in [7, 11) is 0. The first-order chi connectivity index (χ1) is 8.31. The van der Waals surface area contributed by atoms with Crippen LogP contribution in [0.4, 0.5) is 5.69 Å². The van der Waals surface area contributed by atoms with Gasteiger partial charge in [-0.3, -0.25) is 0 Å². The molecule has 0 amide bonds. The molecular weight excluding hydrogens is 257 g/mol. The molecular formula is C13H19Cl2NO. The van der Waals surface area contributed by atoms with Gasteiger partial charge in [-0.15, -0.1) is 23.2 Å². The lowest BCUT2D eigenvalue weighted by molar-refractivity contribution is 0.288. The summed E-state index contributed by atoms with van der Waals surface area (Å²) in [5, 5.41) is 8.77. The van der Waals surface area contributed by atoms with Crippen LogP contribution in [0, 0.1) is 0 Å². The van der Waals surface area contributed by atoms with Gasteiger partial charge in [-0.1, -0.05) is 12.1 Å². The Morgan fingerprint density at radius 3 is 2.06 bits per heavy atom. The highest BCUT2D eigenvalue weighted by atomic mass is 35.5. The highest BCUT2D eigenvalue weighted by Crippen LogP contribution is 2.16. The molecule has 1 N–H and O–H groups in total. The van der Waals surface area contributed by atoms with Crippen LogP contribution in [0.3, 0.4) is 0 Å². The van der Waals surface area contributed by atoms with Gasteiger partial charge in [-0.2, -0.15) is 0 Å². The van der Waals surface area contributed by atoms with E-state index in [4.69, 9.17) is 28.3 Å². The van der Waals surface area contributed by atoms with Gasteiger partial charge in [0.2, 0.25) is 0 Å². The molecule has 1 aromatic carbocycles. The standard InChI is InChI=1S/C13H19Cl2NO/c14-7-9-16(10-8-15)13-5-3-12(4-6-13)2-1-11-17/h3-6,17H,1-2,7-11H2. The van der Waals surface area contributed by atoms with E-state index in [2.05, 4.69) is 29.2 Å². The molecule has 0 aliphatic rings. The highest BCUT2D eigenvalue weighted by Gasteiger charge is 2.04. The van der Waals surface area contributed by atoms with Crippen molar-refractivity contribution in [3.8, 4) is 0 Å². The van der Waals surface area contributed by atoms with Gasteiger partial charge in [0.25, 0.3) is 0 Å². The Balaban J connectivity index is 2.63. The summed E-state index contributed by atoms with van der Waals surface area (Å²) in [6.07, 6.45) is 1.73. The molecule has 0 saturated carbocycles. The summed E-state index contributed by atoms with van der Waals surface area (Å²) in [5.74, 6) is 1.20. The van der Waals surface area contributed by atoms with Crippen molar-refractivity contribution in [2.24, 2.45) is 0 Å². The van der Waals surface area contributed by atoms with E-state index in [1.807, 2.05) is 0 Å². The van der Waals surface area contributed by atoms with E-state index < -0.39 is 0 Å². The summed E-state index contributed by atoms with van der Waals surface area (Å²) in [5.41, 5.74) is 2.40. The summed E-state index contributed by atoms with van der Waals surface area (Å²) in [4.78, 5) is 2.18. The van der Waals surface area contributed by atoms with Gasteiger partial charge in [0.05, 0.1) is 0 Å². The van der Waals surface area contributed by atoms with Crippen LogP contribution in [-0.2, 0) is 6.42 Å². The van der Waals surface area contributed by atoms with E-state index in [9.17, 15) is 0 Å². The molecule has 0 saturated heterocycles. The normalized spacial score (nSPS) is 10.5. The molecule has 0 atom stereocenters. The molecule has 96 valence electrons. The number of nitrogens with zero attached hydrogens (tertiary/aromatic N) is 1. The lowest BCUT2D eigenvalue weighted by Crippen LogP contribution is -2.27. The maximum Gasteiger partial charge on any atom is 0.0434 e. The molecule has 1 rings (SSSR count). The summed E-state index contributed by atoms with van der Waals surface area (Å²) >= 11 is 11.5. The number of alkyl halides is 2. The van der Waals surface area contributed by atoms with Crippen LogP contribution in [0.25, 0.3) is 0 Å². The molecule has 0 unspecified atom stereocenters. The zero-order valence-corrected chi connectivity index (χ0v) is 11.4. The van der Waals surface area contributed by atoms with E-state index >= 15 is 0 Å². The number of aryl methyl sites for hydroxylation is 1. The Morgan fingerprint density at radius 1 is 1.00 bits per heavy atom. The van der Waals surface area contributed by atoms with Crippen LogP contribution in [0.2, 0.25) is 0 Å². The molecule has 2 nitrogen and oxygen atoms in total. The van der Waals surface area contributed by atoms with E-state index in [-0.39, 0.29) is 6.61 Å².